The molecule has 2 aromatic heterocycles. The number of hydrogen-bond donors (Lipinski definition) is 1. The molecule has 148 valence electrons. The summed E-state index contributed by atoms with van der Waals surface area (Å²) in [5.41, 5.74) is 2.92. The average molecular weight is 414 g/mol. The molecule has 2 aromatic carbocycles. The van der Waals surface area contributed by atoms with Crippen LogP contribution in [-0.2, 0) is 0 Å². The van der Waals surface area contributed by atoms with E-state index in [1.165, 1.54) is 11.3 Å². The van der Waals surface area contributed by atoms with Crippen molar-refractivity contribution in [2.24, 2.45) is 0 Å². The van der Waals surface area contributed by atoms with Crippen molar-refractivity contribution in [1.29, 1.82) is 0 Å². The second-order valence-corrected chi connectivity index (χ2v) is 8.18. The van der Waals surface area contributed by atoms with E-state index in [0.29, 0.717) is 27.8 Å². The Morgan fingerprint density at radius 2 is 1.80 bits per heavy atom. The quantitative estimate of drug-likeness (QED) is 0.339. The molecule has 1 aliphatic rings. The topological polar surface area (TPSA) is 68.3 Å². The molecule has 30 heavy (non-hydrogen) atoms. The number of rotatable bonds is 5. The third kappa shape index (κ3) is 3.82. The monoisotopic (exact) mass is 414 g/mol. The molecular formula is C24H18N2O3S. The summed E-state index contributed by atoms with van der Waals surface area (Å²) in [7, 11) is 0. The van der Waals surface area contributed by atoms with Crippen LogP contribution in [0.25, 0.3) is 10.9 Å². The Labute approximate surface area is 177 Å². The number of ether oxygens (including phenoxy) is 1. The predicted octanol–water partition coefficient (Wildman–Crippen LogP) is 5.65. The first-order valence-electron chi connectivity index (χ1n) is 9.74. The van der Waals surface area contributed by atoms with E-state index in [-0.39, 0.29) is 5.91 Å². The molecule has 0 aliphatic heterocycles. The molecule has 1 aliphatic carbocycles. The number of carbonyl (C=O) groups excluding carboxylic acids is 2. The molecule has 0 atom stereocenters. The first-order chi connectivity index (χ1) is 14.7. The standard InChI is InChI=1S/C24H18N2O3S/c27-23(22-6-3-13-30-22)25-16-9-11-17(12-10-16)29-24(28)19-14-21(15-7-8-15)26-20-5-2-1-4-18(19)20/h1-6,9-15H,7-8H2,(H,25,27). The number of anilines is 1. The van der Waals surface area contributed by atoms with Crippen LogP contribution in [0.2, 0.25) is 0 Å². The lowest BCUT2D eigenvalue weighted by Gasteiger charge is -2.10. The third-order valence-corrected chi connectivity index (χ3v) is 5.89. The van der Waals surface area contributed by atoms with Crippen LogP contribution in [0.5, 0.6) is 5.75 Å². The van der Waals surface area contributed by atoms with Crippen LogP contribution in [0.4, 0.5) is 5.69 Å². The lowest BCUT2D eigenvalue weighted by atomic mass is 10.1. The number of nitrogens with one attached hydrogen (secondary N) is 1. The normalized spacial score (nSPS) is 13.2. The van der Waals surface area contributed by atoms with Crippen LogP contribution < -0.4 is 10.1 Å². The second kappa shape index (κ2) is 7.72. The first-order valence-corrected chi connectivity index (χ1v) is 10.6. The summed E-state index contributed by atoms with van der Waals surface area (Å²) in [6, 6.07) is 19.9. The molecule has 1 amide bonds. The molecular weight excluding hydrogens is 396 g/mol. The summed E-state index contributed by atoms with van der Waals surface area (Å²) in [4.78, 5) is 30.4. The molecule has 5 nitrogen and oxygen atoms in total. The van der Waals surface area contributed by atoms with Crippen molar-refractivity contribution in [2.45, 2.75) is 18.8 Å². The SMILES string of the molecule is O=C(Nc1ccc(OC(=O)c2cc(C3CC3)nc3ccccc23)cc1)c1cccs1. The number of nitrogens with zero attached hydrogens (tertiary/aromatic N) is 1. The Kier molecular flexibility index (Phi) is 4.77. The summed E-state index contributed by atoms with van der Waals surface area (Å²) >= 11 is 1.38. The summed E-state index contributed by atoms with van der Waals surface area (Å²) in [5.74, 6) is 0.284. The molecule has 1 saturated carbocycles. The number of aromatic nitrogens is 1. The molecule has 0 unspecified atom stereocenters. The number of carbonyl (C=O) groups is 2. The number of esters is 1. The highest BCUT2D eigenvalue weighted by Gasteiger charge is 2.27. The minimum atomic E-state index is -0.411. The van der Waals surface area contributed by atoms with Crippen LogP contribution in [0.1, 0.15) is 44.5 Å². The molecule has 0 radical (unpaired) electrons. The maximum absolute atomic E-state index is 12.9. The Morgan fingerprint density at radius 1 is 1.00 bits per heavy atom. The van der Waals surface area contributed by atoms with Gasteiger partial charge in [0.15, 0.2) is 0 Å². The average Bonchev–Trinajstić information content (AvgIpc) is 3.47. The van der Waals surface area contributed by atoms with Gasteiger partial charge >= 0.3 is 5.97 Å². The molecule has 1 fully saturated rings. The molecule has 1 N–H and O–H groups in total. The summed E-state index contributed by atoms with van der Waals surface area (Å²) in [6.45, 7) is 0. The second-order valence-electron chi connectivity index (χ2n) is 7.23. The van der Waals surface area contributed by atoms with Crippen LogP contribution in [0.15, 0.2) is 72.1 Å². The van der Waals surface area contributed by atoms with Crippen molar-refractivity contribution in [3.8, 4) is 5.75 Å². The number of amides is 1. The van der Waals surface area contributed by atoms with E-state index < -0.39 is 5.97 Å². The van der Waals surface area contributed by atoms with Crippen molar-refractivity contribution in [2.75, 3.05) is 5.32 Å². The van der Waals surface area contributed by atoms with E-state index in [9.17, 15) is 9.59 Å². The number of para-hydroxylation sites is 1. The molecule has 4 aromatic rings. The summed E-state index contributed by atoms with van der Waals surface area (Å²) in [5, 5.41) is 5.47. The van der Waals surface area contributed by atoms with Crippen molar-refractivity contribution >= 4 is 39.8 Å². The van der Waals surface area contributed by atoms with E-state index in [4.69, 9.17) is 9.72 Å². The van der Waals surface area contributed by atoms with Gasteiger partial charge in [0.25, 0.3) is 5.91 Å². The molecule has 2 heterocycles. The van der Waals surface area contributed by atoms with E-state index in [1.54, 1.807) is 30.3 Å². The van der Waals surface area contributed by atoms with Gasteiger partial charge < -0.3 is 10.1 Å². The maximum atomic E-state index is 12.9. The number of thiophene rings is 1. The van der Waals surface area contributed by atoms with E-state index in [0.717, 1.165) is 29.4 Å². The van der Waals surface area contributed by atoms with Gasteiger partial charge in [-0.2, -0.15) is 0 Å². The lowest BCUT2D eigenvalue weighted by Crippen LogP contribution is -2.11. The lowest BCUT2D eigenvalue weighted by molar-refractivity contribution is 0.0736. The summed E-state index contributed by atoms with van der Waals surface area (Å²) < 4.78 is 5.62. The zero-order valence-electron chi connectivity index (χ0n) is 16.0. The Morgan fingerprint density at radius 3 is 2.53 bits per heavy atom. The highest BCUT2D eigenvalue weighted by atomic mass is 32.1. The van der Waals surface area contributed by atoms with Crippen molar-refractivity contribution in [3.05, 3.63) is 88.2 Å². The van der Waals surface area contributed by atoms with Crippen molar-refractivity contribution in [1.82, 2.24) is 4.98 Å². The van der Waals surface area contributed by atoms with Gasteiger partial charge in [0.1, 0.15) is 5.75 Å². The Bertz CT molecular complexity index is 1230. The number of benzene rings is 2. The van der Waals surface area contributed by atoms with Gasteiger partial charge in [-0.3, -0.25) is 9.78 Å². The van der Waals surface area contributed by atoms with E-state index in [1.807, 2.05) is 41.8 Å². The third-order valence-electron chi connectivity index (χ3n) is 5.02. The fourth-order valence-electron chi connectivity index (χ4n) is 3.32. The van der Waals surface area contributed by atoms with Crippen LogP contribution >= 0.6 is 11.3 Å². The largest absolute Gasteiger partial charge is 0.423 e. The number of pyridine rings is 1. The highest BCUT2D eigenvalue weighted by molar-refractivity contribution is 7.12. The molecule has 6 heteroatoms. The van der Waals surface area contributed by atoms with Crippen LogP contribution in [-0.4, -0.2) is 16.9 Å². The van der Waals surface area contributed by atoms with E-state index in [2.05, 4.69) is 5.32 Å². The Balaban J connectivity index is 1.35. The van der Waals surface area contributed by atoms with Crippen LogP contribution in [0.3, 0.4) is 0 Å². The van der Waals surface area contributed by atoms with Gasteiger partial charge in [-0.05, 0) is 60.7 Å². The minimum absolute atomic E-state index is 0.161. The zero-order valence-corrected chi connectivity index (χ0v) is 16.8. The minimum Gasteiger partial charge on any atom is -0.423 e. The Hall–Kier alpha value is -3.51. The smallest absolute Gasteiger partial charge is 0.344 e. The predicted molar refractivity (Wildman–Crippen MR) is 117 cm³/mol. The van der Waals surface area contributed by atoms with Gasteiger partial charge in [-0.15, -0.1) is 11.3 Å². The van der Waals surface area contributed by atoms with Crippen LogP contribution in [0, 0.1) is 0 Å². The highest BCUT2D eigenvalue weighted by Crippen LogP contribution is 2.40. The fraction of sp³-hybridized carbons (Fsp3) is 0.125. The van der Waals surface area contributed by atoms with Crippen molar-refractivity contribution in [3.63, 3.8) is 0 Å². The zero-order chi connectivity index (χ0) is 20.5. The van der Waals surface area contributed by atoms with Gasteiger partial charge in [0, 0.05) is 22.7 Å². The van der Waals surface area contributed by atoms with Crippen molar-refractivity contribution < 1.29 is 14.3 Å². The molecule has 0 spiro atoms. The number of fused-ring (bicyclic) bond motifs is 1. The fourth-order valence-corrected chi connectivity index (χ4v) is 3.94. The first kappa shape index (κ1) is 18.5. The molecule has 0 saturated heterocycles. The molecule has 5 rings (SSSR count). The van der Waals surface area contributed by atoms with Gasteiger partial charge in [-0.1, -0.05) is 24.3 Å². The summed E-state index contributed by atoms with van der Waals surface area (Å²) in [6.07, 6.45) is 2.22. The number of hydrogen-bond acceptors (Lipinski definition) is 5. The maximum Gasteiger partial charge on any atom is 0.344 e. The van der Waals surface area contributed by atoms with Gasteiger partial charge in [0.05, 0.1) is 16.0 Å². The van der Waals surface area contributed by atoms with E-state index >= 15 is 0 Å². The van der Waals surface area contributed by atoms with Gasteiger partial charge in [-0.25, -0.2) is 4.79 Å². The van der Waals surface area contributed by atoms with Gasteiger partial charge in [0.2, 0.25) is 0 Å². The molecule has 0 bridgehead atoms.